The Hall–Kier alpha value is -3.61. The second kappa shape index (κ2) is 9.04. The molecule has 3 aromatic rings. The number of ether oxygens (including phenoxy) is 2. The van der Waals surface area contributed by atoms with E-state index in [1.807, 2.05) is 42.5 Å². The molecule has 1 saturated heterocycles. The van der Waals surface area contributed by atoms with Crippen molar-refractivity contribution in [2.45, 2.75) is 19.4 Å². The molecule has 2 N–H and O–H groups in total. The van der Waals surface area contributed by atoms with Crippen LogP contribution in [0.2, 0.25) is 0 Å². The Morgan fingerprint density at radius 2 is 1.81 bits per heavy atom. The number of fused-ring (bicyclic) bond motifs is 1. The van der Waals surface area contributed by atoms with Gasteiger partial charge in [-0.25, -0.2) is 9.78 Å². The van der Waals surface area contributed by atoms with Crippen molar-refractivity contribution in [3.63, 3.8) is 0 Å². The summed E-state index contributed by atoms with van der Waals surface area (Å²) in [5, 5.41) is 0.995. The predicted molar refractivity (Wildman–Crippen MR) is 118 cm³/mol. The Balaban J connectivity index is 1.50. The van der Waals surface area contributed by atoms with E-state index in [-0.39, 0.29) is 17.8 Å². The average Bonchev–Trinajstić information content (AvgIpc) is 2.82. The Morgan fingerprint density at radius 1 is 1.06 bits per heavy atom. The van der Waals surface area contributed by atoms with Gasteiger partial charge in [0.25, 0.3) is 0 Å². The first-order valence-corrected chi connectivity index (χ1v) is 10.3. The zero-order valence-electron chi connectivity index (χ0n) is 17.4. The number of nitrogens with zero attached hydrogens (tertiary/aromatic N) is 2. The van der Waals surface area contributed by atoms with E-state index < -0.39 is 0 Å². The molecular weight excluding hydrogens is 394 g/mol. The first-order valence-electron chi connectivity index (χ1n) is 10.3. The van der Waals surface area contributed by atoms with Gasteiger partial charge in [-0.15, -0.1) is 0 Å². The third-order valence-corrected chi connectivity index (χ3v) is 5.66. The third kappa shape index (κ3) is 4.60. The Labute approximate surface area is 180 Å². The fourth-order valence-corrected chi connectivity index (χ4v) is 3.81. The van der Waals surface area contributed by atoms with Gasteiger partial charge in [0.1, 0.15) is 23.7 Å². The van der Waals surface area contributed by atoms with Crippen LogP contribution in [-0.2, 0) is 16.1 Å². The summed E-state index contributed by atoms with van der Waals surface area (Å²) in [5.74, 6) is 0.929. The number of rotatable bonds is 6. The minimum Gasteiger partial charge on any atom is -0.487 e. The van der Waals surface area contributed by atoms with Gasteiger partial charge in [-0.2, -0.15) is 0 Å². The van der Waals surface area contributed by atoms with Crippen molar-refractivity contribution in [3.05, 3.63) is 65.7 Å². The summed E-state index contributed by atoms with van der Waals surface area (Å²) in [7, 11) is 1.36. The quantitative estimate of drug-likeness (QED) is 0.616. The number of nitrogens with two attached hydrogens (primary N) is 1. The van der Waals surface area contributed by atoms with Gasteiger partial charge in [0.2, 0.25) is 5.91 Å². The molecule has 2 heterocycles. The van der Waals surface area contributed by atoms with Crippen LogP contribution in [0.4, 0.5) is 5.82 Å². The predicted octanol–water partition coefficient (Wildman–Crippen LogP) is 3.30. The highest BCUT2D eigenvalue weighted by Gasteiger charge is 2.24. The molecule has 1 aromatic heterocycles. The summed E-state index contributed by atoms with van der Waals surface area (Å²) in [5.41, 5.74) is 7.68. The number of aromatic nitrogens is 1. The summed E-state index contributed by atoms with van der Waals surface area (Å²) in [6.45, 7) is 1.86. The number of esters is 1. The molecule has 4 rings (SSSR count). The number of carbonyl (C=O) groups excluding carboxylic acids is 2. The smallest absolute Gasteiger partial charge is 0.337 e. The van der Waals surface area contributed by atoms with Crippen LogP contribution < -0.4 is 15.4 Å². The topological polar surface area (TPSA) is 94.8 Å². The SMILES string of the molecule is COC(=O)c1ccc(COc2cccc3ccc(N4CCC(C(N)=O)CC4)nc23)cc1. The zero-order chi connectivity index (χ0) is 21.8. The van der Waals surface area contributed by atoms with Crippen molar-refractivity contribution in [1.82, 2.24) is 4.98 Å². The fraction of sp³-hybridized carbons (Fsp3) is 0.292. The Morgan fingerprint density at radius 3 is 2.48 bits per heavy atom. The maximum absolute atomic E-state index is 11.6. The first-order chi connectivity index (χ1) is 15.0. The first kappa shape index (κ1) is 20.7. The minimum absolute atomic E-state index is 0.0545. The number of pyridine rings is 1. The van der Waals surface area contributed by atoms with E-state index in [0.29, 0.717) is 17.9 Å². The highest BCUT2D eigenvalue weighted by molar-refractivity contribution is 5.89. The van der Waals surface area contributed by atoms with Crippen molar-refractivity contribution in [3.8, 4) is 5.75 Å². The highest BCUT2D eigenvalue weighted by atomic mass is 16.5. The lowest BCUT2D eigenvalue weighted by Crippen LogP contribution is -2.38. The van der Waals surface area contributed by atoms with Crippen LogP contribution in [0.5, 0.6) is 5.75 Å². The van der Waals surface area contributed by atoms with Crippen molar-refractivity contribution in [2.75, 3.05) is 25.1 Å². The molecule has 0 atom stereocenters. The van der Waals surface area contributed by atoms with E-state index in [2.05, 4.69) is 4.90 Å². The molecule has 7 nitrogen and oxygen atoms in total. The van der Waals surface area contributed by atoms with E-state index in [1.54, 1.807) is 12.1 Å². The maximum atomic E-state index is 11.6. The van der Waals surface area contributed by atoms with Gasteiger partial charge in [0.05, 0.1) is 12.7 Å². The number of carbonyl (C=O) groups is 2. The van der Waals surface area contributed by atoms with Gasteiger partial charge in [-0.05, 0) is 48.7 Å². The molecular formula is C24H25N3O4. The standard InChI is InChI=1S/C24H25N3O4/c1-30-24(29)19-7-5-16(6-8-19)15-31-20-4-2-3-17-9-10-21(26-22(17)20)27-13-11-18(12-14-27)23(25)28/h2-10,18H,11-15H2,1H3,(H2,25,28). The van der Waals surface area contributed by atoms with E-state index in [9.17, 15) is 9.59 Å². The molecule has 0 bridgehead atoms. The summed E-state index contributed by atoms with van der Waals surface area (Å²) in [4.78, 5) is 30.0. The molecule has 0 saturated carbocycles. The molecule has 1 aliphatic rings. The van der Waals surface area contributed by atoms with Crippen molar-refractivity contribution in [1.29, 1.82) is 0 Å². The normalized spacial score (nSPS) is 14.4. The van der Waals surface area contributed by atoms with Crippen LogP contribution >= 0.6 is 0 Å². The second-order valence-corrected chi connectivity index (χ2v) is 7.64. The summed E-state index contributed by atoms with van der Waals surface area (Å²) < 4.78 is 10.8. The lowest BCUT2D eigenvalue weighted by Gasteiger charge is -2.31. The molecule has 0 spiro atoms. The number of amides is 1. The van der Waals surface area contributed by atoms with Gasteiger partial charge in [-0.1, -0.05) is 24.3 Å². The summed E-state index contributed by atoms with van der Waals surface area (Å²) >= 11 is 0. The van der Waals surface area contributed by atoms with Gasteiger partial charge in [-0.3, -0.25) is 4.79 Å². The van der Waals surface area contributed by atoms with E-state index in [0.717, 1.165) is 48.2 Å². The van der Waals surface area contributed by atoms with Gasteiger partial charge < -0.3 is 20.1 Å². The van der Waals surface area contributed by atoms with E-state index >= 15 is 0 Å². The van der Waals surface area contributed by atoms with E-state index in [4.69, 9.17) is 20.2 Å². The minimum atomic E-state index is -0.363. The molecule has 7 heteroatoms. The van der Waals surface area contributed by atoms with Crippen LogP contribution in [0, 0.1) is 5.92 Å². The number of hydrogen-bond acceptors (Lipinski definition) is 6. The number of hydrogen-bond donors (Lipinski definition) is 1. The van der Waals surface area contributed by atoms with Crippen LogP contribution in [0.1, 0.15) is 28.8 Å². The molecule has 0 radical (unpaired) electrons. The molecule has 0 aliphatic carbocycles. The molecule has 2 aromatic carbocycles. The largest absolute Gasteiger partial charge is 0.487 e. The Kier molecular flexibility index (Phi) is 6.02. The van der Waals surface area contributed by atoms with Gasteiger partial charge >= 0.3 is 5.97 Å². The zero-order valence-corrected chi connectivity index (χ0v) is 17.4. The van der Waals surface area contributed by atoms with Crippen LogP contribution in [0.15, 0.2) is 54.6 Å². The molecule has 1 aliphatic heterocycles. The monoisotopic (exact) mass is 419 g/mol. The number of primary amides is 1. The van der Waals surface area contributed by atoms with Crippen LogP contribution in [0.25, 0.3) is 10.9 Å². The number of para-hydroxylation sites is 1. The fourth-order valence-electron chi connectivity index (χ4n) is 3.81. The van der Waals surface area contributed by atoms with Crippen molar-refractivity contribution >= 4 is 28.6 Å². The van der Waals surface area contributed by atoms with E-state index in [1.165, 1.54) is 7.11 Å². The lowest BCUT2D eigenvalue weighted by atomic mass is 9.96. The molecule has 1 amide bonds. The van der Waals surface area contributed by atoms with Crippen LogP contribution in [0.3, 0.4) is 0 Å². The van der Waals surface area contributed by atoms with Crippen molar-refractivity contribution in [2.24, 2.45) is 11.7 Å². The number of benzene rings is 2. The molecule has 31 heavy (non-hydrogen) atoms. The van der Waals surface area contributed by atoms with Gasteiger partial charge in [0.15, 0.2) is 0 Å². The average molecular weight is 419 g/mol. The van der Waals surface area contributed by atoms with Gasteiger partial charge in [0, 0.05) is 24.4 Å². The number of piperidine rings is 1. The highest BCUT2D eigenvalue weighted by Crippen LogP contribution is 2.29. The summed E-state index contributed by atoms with van der Waals surface area (Å²) in [6, 6.07) is 17.0. The number of anilines is 1. The molecule has 0 unspecified atom stereocenters. The molecule has 160 valence electrons. The lowest BCUT2D eigenvalue weighted by molar-refractivity contribution is -0.122. The number of methoxy groups -OCH3 is 1. The summed E-state index contributed by atoms with van der Waals surface area (Å²) in [6.07, 6.45) is 1.49. The molecule has 1 fully saturated rings. The maximum Gasteiger partial charge on any atom is 0.337 e. The van der Waals surface area contributed by atoms with Crippen LogP contribution in [-0.4, -0.2) is 37.1 Å². The second-order valence-electron chi connectivity index (χ2n) is 7.64. The Bertz CT molecular complexity index is 1090. The third-order valence-electron chi connectivity index (χ3n) is 5.66. The van der Waals surface area contributed by atoms with Crippen molar-refractivity contribution < 1.29 is 19.1 Å².